The number of amides is 2. The van der Waals surface area contributed by atoms with Gasteiger partial charge >= 0.3 is 0 Å². The van der Waals surface area contributed by atoms with E-state index in [1.807, 2.05) is 23.1 Å². The summed E-state index contributed by atoms with van der Waals surface area (Å²) in [6.07, 6.45) is 6.23. The molecule has 3 aromatic rings. The highest BCUT2D eigenvalue weighted by Crippen LogP contribution is 2.40. The Balaban J connectivity index is 1.41. The van der Waals surface area contributed by atoms with Gasteiger partial charge < -0.3 is 15.1 Å². The van der Waals surface area contributed by atoms with Crippen LogP contribution in [0.2, 0.25) is 10.0 Å². The number of nitrogens with one attached hydrogen (secondary N) is 1. The second kappa shape index (κ2) is 11.5. The van der Waals surface area contributed by atoms with Gasteiger partial charge in [0.2, 0.25) is 0 Å². The number of benzene rings is 3. The number of hydrogen-bond acceptors (Lipinski definition) is 3. The molecule has 0 spiro atoms. The molecule has 1 N–H and O–H groups in total. The molecule has 0 aliphatic carbocycles. The number of carbonyl (C=O) groups is 2. The molecule has 38 heavy (non-hydrogen) atoms. The lowest BCUT2D eigenvalue weighted by molar-refractivity contribution is 0.0948. The van der Waals surface area contributed by atoms with E-state index in [0.717, 1.165) is 56.6 Å². The van der Waals surface area contributed by atoms with Gasteiger partial charge in [-0.05, 0) is 119 Å². The standard InChI is InChI=1S/C31H33Cl2N3O2/c1-31(17-20-35-18-4-5-19-35)16-6-7-23-21-24(32)12-15-28(23)36(31)30(38)22-10-13-25(14-11-22)34-29(37)26-8-2-3-9-27(26)33/h2-3,8-15,21H,4-7,16-20H2,1H3,(H,34,37). The number of halogens is 2. The Morgan fingerprint density at radius 3 is 2.42 bits per heavy atom. The normalized spacial score (nSPS) is 19.6. The molecular weight excluding hydrogens is 517 g/mol. The molecule has 198 valence electrons. The van der Waals surface area contributed by atoms with Gasteiger partial charge in [-0.15, -0.1) is 0 Å². The van der Waals surface area contributed by atoms with Crippen LogP contribution in [0.5, 0.6) is 0 Å². The lowest BCUT2D eigenvalue weighted by atomic mass is 9.89. The topological polar surface area (TPSA) is 52.6 Å². The van der Waals surface area contributed by atoms with Crippen LogP contribution in [0.4, 0.5) is 11.4 Å². The molecule has 2 amide bonds. The minimum Gasteiger partial charge on any atom is -0.322 e. The highest BCUT2D eigenvalue weighted by molar-refractivity contribution is 6.34. The van der Waals surface area contributed by atoms with Crippen LogP contribution < -0.4 is 10.2 Å². The van der Waals surface area contributed by atoms with E-state index in [2.05, 4.69) is 17.1 Å². The van der Waals surface area contributed by atoms with Crippen LogP contribution in [0, 0.1) is 0 Å². The zero-order valence-corrected chi connectivity index (χ0v) is 23.2. The van der Waals surface area contributed by atoms with Crippen LogP contribution in [0.3, 0.4) is 0 Å². The van der Waals surface area contributed by atoms with Crippen molar-refractivity contribution >= 4 is 46.4 Å². The molecule has 1 unspecified atom stereocenters. The smallest absolute Gasteiger partial charge is 0.258 e. The monoisotopic (exact) mass is 549 g/mol. The van der Waals surface area contributed by atoms with Crippen LogP contribution in [0.25, 0.3) is 0 Å². The molecule has 5 rings (SSSR count). The van der Waals surface area contributed by atoms with Crippen LogP contribution >= 0.6 is 23.2 Å². The second-order valence-corrected chi connectivity index (χ2v) is 11.4. The predicted molar refractivity (Wildman–Crippen MR) is 156 cm³/mol. The summed E-state index contributed by atoms with van der Waals surface area (Å²) in [5.41, 5.74) is 3.32. The fourth-order valence-corrected chi connectivity index (χ4v) is 6.12. The van der Waals surface area contributed by atoms with E-state index in [1.54, 1.807) is 48.5 Å². The van der Waals surface area contributed by atoms with Gasteiger partial charge in [0.1, 0.15) is 0 Å². The van der Waals surface area contributed by atoms with E-state index in [0.29, 0.717) is 26.9 Å². The number of hydrogen-bond donors (Lipinski definition) is 1. The van der Waals surface area contributed by atoms with Gasteiger partial charge in [-0.3, -0.25) is 9.59 Å². The van der Waals surface area contributed by atoms with Crippen LogP contribution in [0.1, 0.15) is 65.3 Å². The molecule has 1 atom stereocenters. The maximum Gasteiger partial charge on any atom is 0.258 e. The van der Waals surface area contributed by atoms with Crippen molar-refractivity contribution in [3.05, 3.63) is 93.5 Å². The molecule has 5 nitrogen and oxygen atoms in total. The lowest BCUT2D eigenvalue weighted by Crippen LogP contribution is -2.51. The van der Waals surface area contributed by atoms with Gasteiger partial charge in [-0.25, -0.2) is 0 Å². The summed E-state index contributed by atoms with van der Waals surface area (Å²) in [5, 5.41) is 3.96. The molecule has 3 aromatic carbocycles. The summed E-state index contributed by atoms with van der Waals surface area (Å²) >= 11 is 12.5. The van der Waals surface area contributed by atoms with E-state index >= 15 is 0 Å². The summed E-state index contributed by atoms with van der Waals surface area (Å²) in [6.45, 7) is 5.48. The third kappa shape index (κ3) is 5.75. The van der Waals surface area contributed by atoms with Crippen LogP contribution in [-0.4, -0.2) is 41.9 Å². The maximum atomic E-state index is 14.2. The SMILES string of the molecule is CC1(CCN2CCCC2)CCCc2cc(Cl)ccc2N1C(=O)c1ccc(NC(=O)c2ccccc2Cl)cc1. The van der Waals surface area contributed by atoms with Gasteiger partial charge in [0.15, 0.2) is 0 Å². The van der Waals surface area contributed by atoms with E-state index in [4.69, 9.17) is 23.2 Å². The number of nitrogens with zero attached hydrogens (tertiary/aromatic N) is 2. The quantitative estimate of drug-likeness (QED) is 0.346. The first kappa shape index (κ1) is 26.7. The molecule has 0 radical (unpaired) electrons. The first-order valence-corrected chi connectivity index (χ1v) is 14.1. The highest BCUT2D eigenvalue weighted by Gasteiger charge is 2.39. The molecule has 1 saturated heterocycles. The zero-order valence-electron chi connectivity index (χ0n) is 21.7. The minimum absolute atomic E-state index is 0.0385. The van der Waals surface area contributed by atoms with E-state index in [9.17, 15) is 9.59 Å². The van der Waals surface area contributed by atoms with Gasteiger partial charge in [0, 0.05) is 34.0 Å². The van der Waals surface area contributed by atoms with Gasteiger partial charge in [0.05, 0.1) is 10.6 Å². The fraction of sp³-hybridized carbons (Fsp3) is 0.355. The summed E-state index contributed by atoms with van der Waals surface area (Å²) < 4.78 is 0. The Labute approximate surface area is 234 Å². The number of carbonyl (C=O) groups excluding carboxylic acids is 2. The first-order chi connectivity index (χ1) is 18.3. The third-order valence-corrected chi connectivity index (χ3v) is 8.43. The van der Waals surface area contributed by atoms with Gasteiger partial charge in [-0.1, -0.05) is 35.3 Å². The largest absolute Gasteiger partial charge is 0.322 e. The van der Waals surface area contributed by atoms with Crippen LogP contribution in [-0.2, 0) is 6.42 Å². The Morgan fingerprint density at radius 1 is 0.947 bits per heavy atom. The van der Waals surface area contributed by atoms with Crippen molar-refractivity contribution in [3.63, 3.8) is 0 Å². The number of rotatable bonds is 6. The number of anilines is 2. The van der Waals surface area contributed by atoms with Crippen molar-refractivity contribution in [1.29, 1.82) is 0 Å². The lowest BCUT2D eigenvalue weighted by Gasteiger charge is -2.42. The van der Waals surface area contributed by atoms with Gasteiger partial charge in [-0.2, -0.15) is 0 Å². The summed E-state index contributed by atoms with van der Waals surface area (Å²) in [6, 6.07) is 19.9. The summed E-state index contributed by atoms with van der Waals surface area (Å²) in [7, 11) is 0. The van der Waals surface area contributed by atoms with Gasteiger partial charge in [0.25, 0.3) is 11.8 Å². The Kier molecular flexibility index (Phi) is 8.08. The Morgan fingerprint density at radius 2 is 1.68 bits per heavy atom. The first-order valence-electron chi connectivity index (χ1n) is 13.4. The van der Waals surface area contributed by atoms with E-state index in [-0.39, 0.29) is 17.4 Å². The van der Waals surface area contributed by atoms with Crippen molar-refractivity contribution in [2.75, 3.05) is 29.9 Å². The average Bonchev–Trinajstić information content (AvgIpc) is 3.38. The highest BCUT2D eigenvalue weighted by atomic mass is 35.5. The minimum atomic E-state index is -0.324. The molecule has 0 saturated carbocycles. The Hall–Kier alpha value is -2.86. The maximum absolute atomic E-state index is 14.2. The predicted octanol–water partition coefficient (Wildman–Crippen LogP) is 7.47. The molecule has 2 aliphatic heterocycles. The van der Waals surface area contributed by atoms with Crippen molar-refractivity contribution in [2.24, 2.45) is 0 Å². The van der Waals surface area contributed by atoms with Crippen molar-refractivity contribution in [2.45, 2.75) is 51.0 Å². The third-order valence-electron chi connectivity index (χ3n) is 7.86. The molecule has 2 heterocycles. The van der Waals surface area contributed by atoms with E-state index < -0.39 is 0 Å². The number of likely N-dealkylation sites (tertiary alicyclic amines) is 1. The Bertz CT molecular complexity index is 1320. The van der Waals surface area contributed by atoms with E-state index in [1.165, 1.54) is 12.8 Å². The summed E-state index contributed by atoms with van der Waals surface area (Å²) in [4.78, 5) is 31.4. The van der Waals surface area contributed by atoms with Crippen LogP contribution in [0.15, 0.2) is 66.7 Å². The summed E-state index contributed by atoms with van der Waals surface area (Å²) in [5.74, 6) is -0.328. The molecule has 7 heteroatoms. The van der Waals surface area contributed by atoms with Crippen molar-refractivity contribution < 1.29 is 9.59 Å². The van der Waals surface area contributed by atoms with Crippen molar-refractivity contribution in [1.82, 2.24) is 4.90 Å². The number of aryl methyl sites for hydroxylation is 1. The molecular formula is C31H33Cl2N3O2. The fourth-order valence-electron chi connectivity index (χ4n) is 5.70. The molecule has 1 fully saturated rings. The number of fused-ring (bicyclic) bond motifs is 1. The average molecular weight is 551 g/mol. The molecule has 2 aliphatic rings. The van der Waals surface area contributed by atoms with Crippen molar-refractivity contribution in [3.8, 4) is 0 Å². The second-order valence-electron chi connectivity index (χ2n) is 10.6. The molecule has 0 bridgehead atoms. The molecule has 0 aromatic heterocycles. The zero-order chi connectivity index (χ0) is 26.7.